The minimum absolute atomic E-state index is 0.0368. The highest BCUT2D eigenvalue weighted by atomic mass is 35.5. The third kappa shape index (κ3) is 4.17. The summed E-state index contributed by atoms with van der Waals surface area (Å²) in [6.45, 7) is 0. The minimum atomic E-state index is -0.412. The first kappa shape index (κ1) is 17.4. The maximum absolute atomic E-state index is 12.4. The predicted octanol–water partition coefficient (Wildman–Crippen LogP) is 2.67. The second-order valence-electron chi connectivity index (χ2n) is 5.74. The van der Waals surface area contributed by atoms with Crippen LogP contribution in [0.5, 0.6) is 0 Å². The molecule has 0 aromatic heterocycles. The lowest BCUT2D eigenvalue weighted by atomic mass is 10.0. The van der Waals surface area contributed by atoms with E-state index >= 15 is 0 Å². The lowest BCUT2D eigenvalue weighted by Gasteiger charge is -2.11. The number of carbonyl (C=O) groups excluding carboxylic acids is 2. The maximum atomic E-state index is 12.4. The lowest BCUT2D eigenvalue weighted by Crippen LogP contribution is -2.39. The van der Waals surface area contributed by atoms with Crippen LogP contribution in [0.2, 0.25) is 5.02 Å². The average Bonchev–Trinajstić information content (AvgIpc) is 3.12. The fourth-order valence-corrected chi connectivity index (χ4v) is 2.80. The van der Waals surface area contributed by atoms with Gasteiger partial charge in [-0.15, -0.1) is 0 Å². The lowest BCUT2D eigenvalue weighted by molar-refractivity contribution is -0.117. The number of esters is 1. The number of carbonyl (C=O) groups is 2. The van der Waals surface area contributed by atoms with E-state index in [1.54, 1.807) is 24.3 Å². The van der Waals surface area contributed by atoms with Crippen molar-refractivity contribution in [3.8, 4) is 0 Å². The molecule has 1 fully saturated rings. The van der Waals surface area contributed by atoms with Crippen molar-refractivity contribution in [1.29, 1.82) is 0 Å². The monoisotopic (exact) mass is 359 g/mol. The zero-order valence-corrected chi connectivity index (χ0v) is 14.3. The molecule has 0 spiro atoms. The molecule has 1 aliphatic rings. The molecular weight excluding hydrogens is 342 g/mol. The highest BCUT2D eigenvalue weighted by Crippen LogP contribution is 2.24. The van der Waals surface area contributed by atoms with Crippen LogP contribution in [0.4, 0.5) is 5.69 Å². The van der Waals surface area contributed by atoms with Gasteiger partial charge in [-0.2, -0.15) is 0 Å². The number of ether oxygens (including phenoxy) is 1. The van der Waals surface area contributed by atoms with E-state index in [4.69, 9.17) is 11.6 Å². The van der Waals surface area contributed by atoms with Gasteiger partial charge in [-0.1, -0.05) is 23.7 Å². The summed E-state index contributed by atoms with van der Waals surface area (Å²) < 4.78 is 4.65. The molecule has 2 atom stereocenters. The number of halogens is 1. The molecule has 0 aliphatic carbocycles. The zero-order valence-electron chi connectivity index (χ0n) is 13.6. The van der Waals surface area contributed by atoms with Gasteiger partial charge in [-0.25, -0.2) is 15.6 Å². The Labute approximate surface area is 150 Å². The molecule has 1 saturated heterocycles. The first-order valence-electron chi connectivity index (χ1n) is 7.82. The summed E-state index contributed by atoms with van der Waals surface area (Å²) in [4.78, 5) is 23.8. The molecule has 0 saturated carbocycles. The normalized spacial score (nSPS) is 19.4. The highest BCUT2D eigenvalue weighted by molar-refractivity contribution is 6.30. The summed E-state index contributed by atoms with van der Waals surface area (Å²) >= 11 is 5.90. The Kier molecular flexibility index (Phi) is 5.33. The van der Waals surface area contributed by atoms with Crippen LogP contribution in [-0.2, 0) is 9.53 Å². The number of rotatable bonds is 4. The summed E-state index contributed by atoms with van der Waals surface area (Å²) in [6, 6.07) is 13.8. The minimum Gasteiger partial charge on any atom is -0.465 e. The number of amides is 1. The van der Waals surface area contributed by atoms with Gasteiger partial charge in [-0.3, -0.25) is 4.79 Å². The van der Waals surface area contributed by atoms with E-state index in [-0.39, 0.29) is 18.0 Å². The van der Waals surface area contributed by atoms with Crippen LogP contribution in [0.1, 0.15) is 28.4 Å². The number of benzene rings is 2. The molecule has 1 amide bonds. The van der Waals surface area contributed by atoms with E-state index in [1.165, 1.54) is 7.11 Å². The topological polar surface area (TPSA) is 79.5 Å². The van der Waals surface area contributed by atoms with Gasteiger partial charge in [0.15, 0.2) is 0 Å². The van der Waals surface area contributed by atoms with Gasteiger partial charge >= 0.3 is 5.97 Å². The molecule has 2 unspecified atom stereocenters. The summed E-state index contributed by atoms with van der Waals surface area (Å²) in [7, 11) is 1.33. The van der Waals surface area contributed by atoms with Crippen LogP contribution in [0.15, 0.2) is 48.5 Å². The molecule has 1 aliphatic heterocycles. The van der Waals surface area contributed by atoms with Crippen molar-refractivity contribution in [3.05, 3.63) is 64.7 Å². The van der Waals surface area contributed by atoms with Crippen LogP contribution in [-0.4, -0.2) is 25.0 Å². The molecule has 0 radical (unpaired) electrons. The van der Waals surface area contributed by atoms with Crippen molar-refractivity contribution in [3.63, 3.8) is 0 Å². The van der Waals surface area contributed by atoms with Crippen LogP contribution >= 0.6 is 11.6 Å². The molecule has 0 bridgehead atoms. The van der Waals surface area contributed by atoms with Crippen molar-refractivity contribution in [2.45, 2.75) is 18.5 Å². The Morgan fingerprint density at radius 3 is 2.40 bits per heavy atom. The molecule has 2 aromatic carbocycles. The molecule has 130 valence electrons. The Hall–Kier alpha value is -2.41. The Bertz CT molecular complexity index is 762. The molecule has 3 rings (SSSR count). The largest absolute Gasteiger partial charge is 0.465 e. The van der Waals surface area contributed by atoms with Crippen molar-refractivity contribution < 1.29 is 14.3 Å². The van der Waals surface area contributed by atoms with Crippen molar-refractivity contribution in [2.24, 2.45) is 0 Å². The Balaban J connectivity index is 1.59. The van der Waals surface area contributed by atoms with Crippen LogP contribution < -0.4 is 16.2 Å². The number of methoxy groups -OCH3 is 1. The van der Waals surface area contributed by atoms with E-state index in [1.807, 2.05) is 24.3 Å². The summed E-state index contributed by atoms with van der Waals surface area (Å²) in [5.74, 6) is -0.555. The van der Waals surface area contributed by atoms with Crippen molar-refractivity contribution in [1.82, 2.24) is 10.9 Å². The Morgan fingerprint density at radius 1 is 1.08 bits per heavy atom. The number of hydrogen-bond acceptors (Lipinski definition) is 5. The van der Waals surface area contributed by atoms with Gasteiger partial charge < -0.3 is 10.1 Å². The molecule has 3 N–H and O–H groups in total. The van der Waals surface area contributed by atoms with E-state index in [9.17, 15) is 9.59 Å². The van der Waals surface area contributed by atoms with E-state index in [2.05, 4.69) is 20.9 Å². The van der Waals surface area contributed by atoms with E-state index in [0.29, 0.717) is 22.7 Å². The molecule has 1 heterocycles. The van der Waals surface area contributed by atoms with Gasteiger partial charge in [0.05, 0.1) is 12.7 Å². The third-order valence-electron chi connectivity index (χ3n) is 4.07. The first-order chi connectivity index (χ1) is 12.1. The van der Waals surface area contributed by atoms with E-state index in [0.717, 1.165) is 5.56 Å². The van der Waals surface area contributed by atoms with Crippen molar-refractivity contribution >= 4 is 29.2 Å². The van der Waals surface area contributed by atoms with Gasteiger partial charge in [-0.05, 0) is 48.4 Å². The molecular formula is C18H18ClN3O3. The molecule has 2 aromatic rings. The van der Waals surface area contributed by atoms with Gasteiger partial charge in [0.2, 0.25) is 5.91 Å². The van der Waals surface area contributed by atoms with Crippen LogP contribution in [0.25, 0.3) is 0 Å². The fraction of sp³-hybridized carbons (Fsp3) is 0.222. The van der Waals surface area contributed by atoms with Crippen LogP contribution in [0, 0.1) is 0 Å². The summed E-state index contributed by atoms with van der Waals surface area (Å²) in [6.07, 6.45) is 0.619. The van der Waals surface area contributed by atoms with Gasteiger partial charge in [0.25, 0.3) is 0 Å². The third-order valence-corrected chi connectivity index (χ3v) is 4.32. The number of nitrogens with one attached hydrogen (secondary N) is 3. The van der Waals surface area contributed by atoms with E-state index < -0.39 is 5.97 Å². The Morgan fingerprint density at radius 2 is 1.76 bits per heavy atom. The highest BCUT2D eigenvalue weighted by Gasteiger charge is 2.30. The quantitative estimate of drug-likeness (QED) is 0.731. The summed E-state index contributed by atoms with van der Waals surface area (Å²) in [5, 5.41) is 3.51. The summed E-state index contributed by atoms with van der Waals surface area (Å²) in [5.41, 5.74) is 8.25. The second kappa shape index (κ2) is 7.65. The second-order valence-corrected chi connectivity index (χ2v) is 6.18. The predicted molar refractivity (Wildman–Crippen MR) is 95.3 cm³/mol. The SMILES string of the molecule is COC(=O)c1ccc(NC(=O)C2CC(c3ccc(Cl)cc3)NN2)cc1. The zero-order chi connectivity index (χ0) is 17.8. The van der Waals surface area contributed by atoms with Gasteiger partial charge in [0.1, 0.15) is 6.04 Å². The molecule has 25 heavy (non-hydrogen) atoms. The average molecular weight is 360 g/mol. The van der Waals surface area contributed by atoms with Gasteiger partial charge in [0, 0.05) is 16.8 Å². The fourth-order valence-electron chi connectivity index (χ4n) is 2.68. The number of anilines is 1. The maximum Gasteiger partial charge on any atom is 0.337 e. The smallest absolute Gasteiger partial charge is 0.337 e. The molecule has 7 heteroatoms. The molecule has 6 nitrogen and oxygen atoms in total. The number of hydrazine groups is 1. The first-order valence-corrected chi connectivity index (χ1v) is 8.20. The standard InChI is InChI=1S/C18H18ClN3O3/c1-25-18(24)12-4-8-14(9-5-12)20-17(23)16-10-15(21-22-16)11-2-6-13(19)7-3-11/h2-9,15-16,21-22H,10H2,1H3,(H,20,23). The number of hydrogen-bond donors (Lipinski definition) is 3. The van der Waals surface area contributed by atoms with Crippen LogP contribution in [0.3, 0.4) is 0 Å². The van der Waals surface area contributed by atoms with Crippen molar-refractivity contribution in [2.75, 3.05) is 12.4 Å².